The number of thioether (sulfide) groups is 1. The maximum Gasteiger partial charge on any atom is 0.416 e. The van der Waals surface area contributed by atoms with Gasteiger partial charge in [-0.2, -0.15) is 13.2 Å². The molecule has 1 aliphatic rings. The highest BCUT2D eigenvalue weighted by Crippen LogP contribution is 2.36. The van der Waals surface area contributed by atoms with Gasteiger partial charge in [0.05, 0.1) is 21.9 Å². The van der Waals surface area contributed by atoms with Crippen molar-refractivity contribution in [3.05, 3.63) is 50.6 Å². The van der Waals surface area contributed by atoms with Crippen LogP contribution in [0.2, 0.25) is 0 Å². The van der Waals surface area contributed by atoms with Gasteiger partial charge in [0.15, 0.2) is 5.16 Å². The first kappa shape index (κ1) is 23.3. The number of alkyl halides is 3. The predicted octanol–water partition coefficient (Wildman–Crippen LogP) is 4.02. The van der Waals surface area contributed by atoms with E-state index in [1.807, 2.05) is 5.32 Å². The zero-order valence-corrected chi connectivity index (χ0v) is 19.0. The lowest BCUT2D eigenvalue weighted by molar-refractivity contribution is -0.137. The normalized spacial score (nSPS) is 14.7. The molecular formula is C21H19F3N4O3S2. The molecule has 174 valence electrons. The number of thiophene rings is 1. The maximum absolute atomic E-state index is 13.6. The van der Waals surface area contributed by atoms with Crippen LogP contribution in [0.15, 0.2) is 34.2 Å². The first-order chi connectivity index (χ1) is 15.6. The first-order valence-electron chi connectivity index (χ1n) is 10.1. The molecule has 0 saturated heterocycles. The van der Waals surface area contributed by atoms with Gasteiger partial charge in [0.2, 0.25) is 5.91 Å². The average molecular weight is 497 g/mol. The zero-order chi connectivity index (χ0) is 23.9. The van der Waals surface area contributed by atoms with Crippen molar-refractivity contribution in [3.63, 3.8) is 0 Å². The lowest BCUT2D eigenvalue weighted by atomic mass is 9.97. The number of carbonyl (C=O) groups is 2. The van der Waals surface area contributed by atoms with Crippen LogP contribution in [0.4, 0.5) is 18.0 Å². The summed E-state index contributed by atoms with van der Waals surface area (Å²) in [6, 6.07) is 3.38. The van der Waals surface area contributed by atoms with Gasteiger partial charge in [0.1, 0.15) is 4.83 Å². The molecule has 4 rings (SSSR count). The van der Waals surface area contributed by atoms with Gasteiger partial charge in [-0.05, 0) is 56.4 Å². The minimum atomic E-state index is -4.60. The highest BCUT2D eigenvalue weighted by molar-refractivity contribution is 8.00. The number of primary amides is 1. The Morgan fingerprint density at radius 3 is 2.70 bits per heavy atom. The summed E-state index contributed by atoms with van der Waals surface area (Å²) < 4.78 is 41.2. The van der Waals surface area contributed by atoms with Gasteiger partial charge in [0, 0.05) is 4.88 Å². The monoisotopic (exact) mass is 496 g/mol. The number of hydrogen-bond donors (Lipinski definition) is 2. The van der Waals surface area contributed by atoms with Crippen molar-refractivity contribution in [2.45, 2.75) is 49.2 Å². The largest absolute Gasteiger partial charge is 0.416 e. The third kappa shape index (κ3) is 4.62. The minimum Gasteiger partial charge on any atom is -0.351 e. The number of aryl methyl sites for hydroxylation is 2. The number of carbonyl (C=O) groups excluding carboxylic acids is 2. The number of nitrogens with one attached hydrogen (secondary N) is 1. The van der Waals surface area contributed by atoms with E-state index in [0.29, 0.717) is 16.6 Å². The molecule has 3 amide bonds. The summed E-state index contributed by atoms with van der Waals surface area (Å²) in [4.78, 5) is 43.0. The molecule has 0 radical (unpaired) electrons. The molecule has 2 heterocycles. The molecule has 2 aromatic heterocycles. The van der Waals surface area contributed by atoms with E-state index in [0.717, 1.165) is 58.2 Å². The van der Waals surface area contributed by atoms with Crippen LogP contribution in [0.3, 0.4) is 0 Å². The van der Waals surface area contributed by atoms with E-state index in [1.165, 1.54) is 30.4 Å². The molecule has 1 atom stereocenters. The number of nitrogens with two attached hydrogens (primary N) is 1. The van der Waals surface area contributed by atoms with Gasteiger partial charge in [-0.1, -0.05) is 17.8 Å². The molecule has 33 heavy (non-hydrogen) atoms. The lowest BCUT2D eigenvalue weighted by Crippen LogP contribution is -2.39. The van der Waals surface area contributed by atoms with E-state index < -0.39 is 34.5 Å². The van der Waals surface area contributed by atoms with Crippen molar-refractivity contribution in [2.24, 2.45) is 5.73 Å². The minimum absolute atomic E-state index is 0.00926. The summed E-state index contributed by atoms with van der Waals surface area (Å²) >= 11 is 2.25. The zero-order valence-electron chi connectivity index (χ0n) is 17.4. The van der Waals surface area contributed by atoms with E-state index in [1.54, 1.807) is 0 Å². The van der Waals surface area contributed by atoms with Gasteiger partial charge in [-0.25, -0.2) is 9.78 Å². The Morgan fingerprint density at radius 2 is 2.00 bits per heavy atom. The van der Waals surface area contributed by atoms with Crippen molar-refractivity contribution < 1.29 is 22.8 Å². The van der Waals surface area contributed by atoms with Crippen LogP contribution in [0, 0.1) is 0 Å². The molecule has 7 nitrogen and oxygen atoms in total. The summed E-state index contributed by atoms with van der Waals surface area (Å²) in [5, 5.41) is 1.53. The Balaban J connectivity index is 1.91. The van der Waals surface area contributed by atoms with E-state index in [2.05, 4.69) is 4.98 Å². The van der Waals surface area contributed by atoms with Gasteiger partial charge in [0.25, 0.3) is 5.56 Å². The number of benzene rings is 1. The molecule has 3 N–H and O–H groups in total. The fourth-order valence-corrected chi connectivity index (χ4v) is 5.98. The first-order valence-corrected chi connectivity index (χ1v) is 11.8. The molecule has 0 spiro atoms. The number of halogens is 3. The second-order valence-corrected chi connectivity index (χ2v) is 9.98. The van der Waals surface area contributed by atoms with Crippen molar-refractivity contribution in [1.29, 1.82) is 0 Å². The lowest BCUT2D eigenvalue weighted by Gasteiger charge is -2.17. The quantitative estimate of drug-likeness (QED) is 0.419. The highest BCUT2D eigenvalue weighted by Gasteiger charge is 2.31. The van der Waals surface area contributed by atoms with E-state index in [4.69, 9.17) is 5.73 Å². The molecule has 1 aliphatic carbocycles. The number of rotatable bonds is 4. The van der Waals surface area contributed by atoms with E-state index >= 15 is 0 Å². The van der Waals surface area contributed by atoms with E-state index in [9.17, 15) is 27.6 Å². The third-order valence-corrected chi connectivity index (χ3v) is 7.53. The second kappa shape index (κ2) is 8.82. The Morgan fingerprint density at radius 1 is 1.27 bits per heavy atom. The van der Waals surface area contributed by atoms with Gasteiger partial charge >= 0.3 is 12.2 Å². The predicted molar refractivity (Wildman–Crippen MR) is 120 cm³/mol. The Kier molecular flexibility index (Phi) is 6.23. The Labute approximate surface area is 194 Å². The fourth-order valence-electron chi connectivity index (χ4n) is 3.75. The smallest absolute Gasteiger partial charge is 0.351 e. The summed E-state index contributed by atoms with van der Waals surface area (Å²) in [6.45, 7) is 1.48. The highest BCUT2D eigenvalue weighted by atomic mass is 32.2. The van der Waals surface area contributed by atoms with Gasteiger partial charge in [-0.15, -0.1) is 11.3 Å². The molecule has 0 fully saturated rings. The number of hydrogen-bond acceptors (Lipinski definition) is 6. The summed E-state index contributed by atoms with van der Waals surface area (Å²) in [5.41, 5.74) is 4.50. The van der Waals surface area contributed by atoms with Crippen LogP contribution in [0.25, 0.3) is 15.9 Å². The SMILES string of the molecule is CC(Sc1nc2sc3c(c2c(=O)n1-c1cccc(C(F)(F)F)c1)CCCC3)C(=O)NC(N)=O. The number of aromatic nitrogens is 2. The van der Waals surface area contributed by atoms with Crippen LogP contribution in [0.5, 0.6) is 0 Å². The summed E-state index contributed by atoms with van der Waals surface area (Å²) in [5.74, 6) is -0.706. The van der Waals surface area contributed by atoms with Crippen molar-refractivity contribution in [2.75, 3.05) is 0 Å². The van der Waals surface area contributed by atoms with E-state index in [-0.39, 0.29) is 10.8 Å². The Bertz CT molecular complexity index is 1320. The maximum atomic E-state index is 13.6. The second-order valence-electron chi connectivity index (χ2n) is 7.59. The van der Waals surface area contributed by atoms with Crippen molar-refractivity contribution in [3.8, 4) is 5.69 Å². The molecule has 1 aromatic carbocycles. The number of nitrogens with zero attached hydrogens (tertiary/aromatic N) is 2. The molecule has 12 heteroatoms. The van der Waals surface area contributed by atoms with Gasteiger partial charge < -0.3 is 5.73 Å². The van der Waals surface area contributed by atoms with Crippen molar-refractivity contribution in [1.82, 2.24) is 14.9 Å². The van der Waals surface area contributed by atoms with Crippen LogP contribution >= 0.6 is 23.1 Å². The Hall–Kier alpha value is -2.86. The average Bonchev–Trinajstić information content (AvgIpc) is 3.11. The topological polar surface area (TPSA) is 107 Å². The molecule has 3 aromatic rings. The molecule has 0 bridgehead atoms. The molecule has 1 unspecified atom stereocenters. The number of amides is 3. The van der Waals surface area contributed by atoms with Crippen LogP contribution < -0.4 is 16.6 Å². The molecule has 0 aliphatic heterocycles. The third-order valence-electron chi connectivity index (χ3n) is 5.29. The van der Waals surface area contributed by atoms with Gasteiger partial charge in [-0.3, -0.25) is 19.5 Å². The van der Waals surface area contributed by atoms with Crippen LogP contribution in [-0.2, 0) is 23.8 Å². The molecule has 0 saturated carbocycles. The number of imide groups is 1. The van der Waals surface area contributed by atoms with Crippen molar-refractivity contribution >= 4 is 45.3 Å². The van der Waals surface area contributed by atoms with Crippen LogP contribution in [-0.4, -0.2) is 26.7 Å². The standard InChI is InChI=1S/C21H19F3N4O3S2/c1-10(16(29)26-19(25)31)32-20-27-17-15(13-7-2-3-8-14(13)33-17)18(30)28(20)12-6-4-5-11(9-12)21(22,23)24/h4-6,9-10H,2-3,7-8H2,1H3,(H3,25,26,29,31). The molecular weight excluding hydrogens is 477 g/mol. The van der Waals surface area contributed by atoms with Crippen LogP contribution in [0.1, 0.15) is 35.8 Å². The summed E-state index contributed by atoms with van der Waals surface area (Å²) in [6.07, 6.45) is -1.16. The summed E-state index contributed by atoms with van der Waals surface area (Å²) in [7, 11) is 0. The number of fused-ring (bicyclic) bond motifs is 3. The fraction of sp³-hybridized carbons (Fsp3) is 0.333. The number of urea groups is 1.